The Hall–Kier alpha value is -0.590. The highest BCUT2D eigenvalue weighted by Gasteiger charge is 2.00. The average molecular weight is 126 g/mol. The van der Waals surface area contributed by atoms with E-state index in [1.165, 1.54) is 0 Å². The van der Waals surface area contributed by atoms with Gasteiger partial charge in [0, 0.05) is 5.92 Å². The minimum atomic E-state index is 0.253. The maximum atomic E-state index is 10.2. The fourth-order valence-electron chi connectivity index (χ4n) is 0.700. The SMILES string of the molecule is C=CCCC(C=O)CC. The van der Waals surface area contributed by atoms with Gasteiger partial charge < -0.3 is 4.79 Å². The van der Waals surface area contributed by atoms with Gasteiger partial charge in [0.15, 0.2) is 0 Å². The number of hydrogen-bond acceptors (Lipinski definition) is 1. The van der Waals surface area contributed by atoms with Crippen molar-refractivity contribution < 1.29 is 4.79 Å². The highest BCUT2D eigenvalue weighted by molar-refractivity contribution is 5.53. The molecule has 0 aliphatic rings. The Labute approximate surface area is 56.8 Å². The third-order valence-corrected chi connectivity index (χ3v) is 1.46. The van der Waals surface area contributed by atoms with Crippen molar-refractivity contribution in [2.45, 2.75) is 26.2 Å². The van der Waals surface area contributed by atoms with Crippen LogP contribution in [0.1, 0.15) is 26.2 Å². The summed E-state index contributed by atoms with van der Waals surface area (Å²) in [6, 6.07) is 0. The minimum absolute atomic E-state index is 0.253. The molecule has 0 aromatic carbocycles. The van der Waals surface area contributed by atoms with Crippen molar-refractivity contribution in [3.8, 4) is 0 Å². The molecule has 1 atom stereocenters. The van der Waals surface area contributed by atoms with Gasteiger partial charge in [-0.05, 0) is 19.3 Å². The van der Waals surface area contributed by atoms with Crippen LogP contribution in [0.4, 0.5) is 0 Å². The summed E-state index contributed by atoms with van der Waals surface area (Å²) in [5.74, 6) is 0.253. The molecule has 0 spiro atoms. The Morgan fingerprint density at radius 1 is 1.67 bits per heavy atom. The summed E-state index contributed by atoms with van der Waals surface area (Å²) < 4.78 is 0. The molecule has 0 radical (unpaired) electrons. The van der Waals surface area contributed by atoms with E-state index in [1.807, 2.05) is 13.0 Å². The van der Waals surface area contributed by atoms with E-state index in [2.05, 4.69) is 6.58 Å². The highest BCUT2D eigenvalue weighted by atomic mass is 16.1. The quantitative estimate of drug-likeness (QED) is 0.407. The van der Waals surface area contributed by atoms with Crippen molar-refractivity contribution in [2.75, 3.05) is 0 Å². The van der Waals surface area contributed by atoms with Gasteiger partial charge >= 0.3 is 0 Å². The highest BCUT2D eigenvalue weighted by Crippen LogP contribution is 2.06. The molecule has 0 aromatic rings. The summed E-state index contributed by atoms with van der Waals surface area (Å²) in [6.07, 6.45) is 5.76. The molecule has 0 N–H and O–H groups in total. The van der Waals surface area contributed by atoms with Gasteiger partial charge in [-0.2, -0.15) is 0 Å². The topological polar surface area (TPSA) is 17.1 Å². The molecule has 9 heavy (non-hydrogen) atoms. The number of rotatable bonds is 5. The predicted octanol–water partition coefficient (Wildman–Crippen LogP) is 2.18. The molecule has 0 aliphatic heterocycles. The van der Waals surface area contributed by atoms with Gasteiger partial charge in [0.25, 0.3) is 0 Å². The average Bonchev–Trinajstić information content (AvgIpc) is 1.91. The van der Waals surface area contributed by atoms with Gasteiger partial charge in [0.2, 0.25) is 0 Å². The zero-order chi connectivity index (χ0) is 7.11. The number of aldehydes is 1. The molecule has 0 heterocycles. The number of carbonyl (C=O) groups excluding carboxylic acids is 1. The second kappa shape index (κ2) is 5.54. The Morgan fingerprint density at radius 3 is 2.67 bits per heavy atom. The molecule has 0 aliphatic carbocycles. The largest absolute Gasteiger partial charge is 0.303 e. The zero-order valence-corrected chi connectivity index (χ0v) is 5.97. The van der Waals surface area contributed by atoms with E-state index in [-0.39, 0.29) is 5.92 Å². The lowest BCUT2D eigenvalue weighted by Gasteiger charge is -2.01. The van der Waals surface area contributed by atoms with Crippen LogP contribution in [0.15, 0.2) is 12.7 Å². The standard InChI is InChI=1S/C8H14O/c1-3-5-6-8(4-2)7-9/h3,7-8H,1,4-6H2,2H3. The van der Waals surface area contributed by atoms with Gasteiger partial charge in [-0.1, -0.05) is 13.0 Å². The molecule has 1 nitrogen and oxygen atoms in total. The molecule has 0 saturated heterocycles. The van der Waals surface area contributed by atoms with Gasteiger partial charge in [0.1, 0.15) is 6.29 Å². The number of carbonyl (C=O) groups is 1. The van der Waals surface area contributed by atoms with Crippen LogP contribution in [0.2, 0.25) is 0 Å². The van der Waals surface area contributed by atoms with Gasteiger partial charge in [0.05, 0.1) is 0 Å². The summed E-state index contributed by atoms with van der Waals surface area (Å²) in [5.41, 5.74) is 0. The minimum Gasteiger partial charge on any atom is -0.303 e. The third-order valence-electron chi connectivity index (χ3n) is 1.46. The Morgan fingerprint density at radius 2 is 2.33 bits per heavy atom. The second-order valence-corrected chi connectivity index (χ2v) is 2.17. The van der Waals surface area contributed by atoms with E-state index in [4.69, 9.17) is 0 Å². The van der Waals surface area contributed by atoms with E-state index in [0.717, 1.165) is 25.5 Å². The number of hydrogen-bond donors (Lipinski definition) is 0. The Bertz CT molecular complexity index is 86.6. The first kappa shape index (κ1) is 8.41. The molecule has 0 rings (SSSR count). The number of allylic oxidation sites excluding steroid dienone is 1. The third kappa shape index (κ3) is 3.95. The van der Waals surface area contributed by atoms with Crippen molar-refractivity contribution in [1.29, 1.82) is 0 Å². The summed E-state index contributed by atoms with van der Waals surface area (Å²) >= 11 is 0. The lowest BCUT2D eigenvalue weighted by Crippen LogP contribution is -1.98. The van der Waals surface area contributed by atoms with Crippen molar-refractivity contribution in [3.05, 3.63) is 12.7 Å². The molecule has 0 amide bonds. The van der Waals surface area contributed by atoms with Gasteiger partial charge in [-0.3, -0.25) is 0 Å². The van der Waals surface area contributed by atoms with Crippen LogP contribution >= 0.6 is 0 Å². The van der Waals surface area contributed by atoms with Crippen molar-refractivity contribution >= 4 is 6.29 Å². The van der Waals surface area contributed by atoms with Crippen molar-refractivity contribution in [1.82, 2.24) is 0 Å². The molecular formula is C8H14O. The summed E-state index contributed by atoms with van der Waals surface area (Å²) in [6.45, 7) is 5.62. The molecule has 52 valence electrons. The van der Waals surface area contributed by atoms with Crippen LogP contribution in [0.3, 0.4) is 0 Å². The fourth-order valence-corrected chi connectivity index (χ4v) is 0.700. The van der Waals surface area contributed by atoms with Crippen molar-refractivity contribution in [3.63, 3.8) is 0 Å². The van der Waals surface area contributed by atoms with Crippen LogP contribution in [0.25, 0.3) is 0 Å². The zero-order valence-electron chi connectivity index (χ0n) is 5.97. The van der Waals surface area contributed by atoms with Crippen LogP contribution in [0.5, 0.6) is 0 Å². The van der Waals surface area contributed by atoms with Crippen LogP contribution in [-0.4, -0.2) is 6.29 Å². The second-order valence-electron chi connectivity index (χ2n) is 2.17. The predicted molar refractivity (Wildman–Crippen MR) is 39.3 cm³/mol. The monoisotopic (exact) mass is 126 g/mol. The molecule has 1 heteroatoms. The lowest BCUT2D eigenvalue weighted by molar-refractivity contribution is -0.111. The molecule has 0 fully saturated rings. The van der Waals surface area contributed by atoms with Crippen LogP contribution < -0.4 is 0 Å². The van der Waals surface area contributed by atoms with Crippen LogP contribution in [-0.2, 0) is 4.79 Å². The summed E-state index contributed by atoms with van der Waals surface area (Å²) in [5, 5.41) is 0. The van der Waals surface area contributed by atoms with Crippen LogP contribution in [0, 0.1) is 5.92 Å². The Balaban J connectivity index is 3.30. The first-order chi connectivity index (χ1) is 4.35. The molecule has 0 aromatic heterocycles. The Kier molecular flexibility index (Phi) is 5.18. The first-order valence-corrected chi connectivity index (χ1v) is 3.41. The molecular weight excluding hydrogens is 112 g/mol. The normalized spacial score (nSPS) is 12.6. The smallest absolute Gasteiger partial charge is 0.123 e. The summed E-state index contributed by atoms with van der Waals surface area (Å²) in [4.78, 5) is 10.2. The van der Waals surface area contributed by atoms with E-state index in [1.54, 1.807) is 0 Å². The molecule has 0 saturated carbocycles. The molecule has 0 bridgehead atoms. The summed E-state index contributed by atoms with van der Waals surface area (Å²) in [7, 11) is 0. The molecule has 1 unspecified atom stereocenters. The van der Waals surface area contributed by atoms with E-state index >= 15 is 0 Å². The van der Waals surface area contributed by atoms with Gasteiger partial charge in [-0.25, -0.2) is 0 Å². The van der Waals surface area contributed by atoms with E-state index < -0.39 is 0 Å². The maximum Gasteiger partial charge on any atom is 0.123 e. The van der Waals surface area contributed by atoms with Crippen molar-refractivity contribution in [2.24, 2.45) is 5.92 Å². The van der Waals surface area contributed by atoms with E-state index in [0.29, 0.717) is 0 Å². The van der Waals surface area contributed by atoms with Gasteiger partial charge in [-0.15, -0.1) is 6.58 Å². The first-order valence-electron chi connectivity index (χ1n) is 3.41. The maximum absolute atomic E-state index is 10.2. The fraction of sp³-hybridized carbons (Fsp3) is 0.625. The van der Waals surface area contributed by atoms with E-state index in [9.17, 15) is 4.79 Å². The lowest BCUT2D eigenvalue weighted by atomic mass is 10.0.